The highest BCUT2D eigenvalue weighted by molar-refractivity contribution is 9.10. The summed E-state index contributed by atoms with van der Waals surface area (Å²) in [6.07, 6.45) is 0. The summed E-state index contributed by atoms with van der Waals surface area (Å²) < 4.78 is 15.3. The molecule has 2 aromatic carbocycles. The molecular formula is C16H18BrFN2S. The van der Waals surface area contributed by atoms with Crippen molar-refractivity contribution in [2.45, 2.75) is 24.8 Å². The first-order valence-electron chi connectivity index (χ1n) is 6.63. The monoisotopic (exact) mass is 368 g/mol. The summed E-state index contributed by atoms with van der Waals surface area (Å²) in [5, 5.41) is 0. The molecule has 112 valence electrons. The van der Waals surface area contributed by atoms with Gasteiger partial charge in [0.15, 0.2) is 0 Å². The van der Waals surface area contributed by atoms with Gasteiger partial charge in [-0.15, -0.1) is 11.8 Å². The van der Waals surface area contributed by atoms with Crippen LogP contribution >= 0.6 is 27.7 Å². The van der Waals surface area contributed by atoms with E-state index in [1.807, 2.05) is 44.2 Å². The highest BCUT2D eigenvalue weighted by Gasteiger charge is 2.18. The summed E-state index contributed by atoms with van der Waals surface area (Å²) in [5.74, 6) is 6.09. The first-order valence-corrected chi connectivity index (χ1v) is 8.41. The second kappa shape index (κ2) is 7.40. The summed E-state index contributed by atoms with van der Waals surface area (Å²) in [5.41, 5.74) is 5.21. The first-order chi connectivity index (χ1) is 10.0. The second-order valence-corrected chi connectivity index (χ2v) is 6.85. The molecule has 3 N–H and O–H groups in total. The molecule has 1 unspecified atom stereocenters. The van der Waals surface area contributed by atoms with Crippen molar-refractivity contribution in [1.82, 2.24) is 5.43 Å². The van der Waals surface area contributed by atoms with E-state index in [0.717, 1.165) is 20.5 Å². The summed E-state index contributed by atoms with van der Waals surface area (Å²) in [6, 6.07) is 11.3. The number of rotatable bonds is 5. The Hall–Kier alpha value is -0.880. The van der Waals surface area contributed by atoms with Crippen molar-refractivity contribution >= 4 is 27.7 Å². The number of thioether (sulfide) groups is 1. The van der Waals surface area contributed by atoms with E-state index in [0.29, 0.717) is 11.3 Å². The van der Waals surface area contributed by atoms with E-state index in [4.69, 9.17) is 5.84 Å². The molecule has 0 saturated carbocycles. The van der Waals surface area contributed by atoms with Crippen molar-refractivity contribution in [3.05, 3.63) is 63.4 Å². The lowest BCUT2D eigenvalue weighted by Crippen LogP contribution is -2.31. The Morgan fingerprint density at radius 3 is 2.62 bits per heavy atom. The number of aryl methyl sites for hydroxylation is 2. The molecule has 2 nitrogen and oxygen atoms in total. The minimum absolute atomic E-state index is 0.205. The van der Waals surface area contributed by atoms with Gasteiger partial charge in [0.25, 0.3) is 0 Å². The van der Waals surface area contributed by atoms with Crippen molar-refractivity contribution in [2.75, 3.05) is 5.75 Å². The third-order valence-electron chi connectivity index (χ3n) is 3.27. The van der Waals surface area contributed by atoms with Gasteiger partial charge in [0, 0.05) is 20.7 Å². The van der Waals surface area contributed by atoms with Crippen LogP contribution in [0.25, 0.3) is 0 Å². The molecule has 0 heterocycles. The van der Waals surface area contributed by atoms with Gasteiger partial charge in [0.2, 0.25) is 0 Å². The molecule has 0 radical (unpaired) electrons. The Bertz CT molecular complexity index is 610. The number of nitrogens with two attached hydrogens (primary N) is 1. The van der Waals surface area contributed by atoms with Crippen LogP contribution in [0.4, 0.5) is 4.39 Å². The van der Waals surface area contributed by atoms with Gasteiger partial charge in [0.1, 0.15) is 5.82 Å². The Morgan fingerprint density at radius 1 is 1.29 bits per heavy atom. The summed E-state index contributed by atoms with van der Waals surface area (Å²) in [6.45, 7) is 3.80. The standard InChI is InChI=1S/C16H18BrFN2S/c1-10-7-11(2)16(13(18)8-10)14(20-19)9-21-15-6-4-3-5-12(15)17/h3-8,14,20H,9,19H2,1-2H3. The molecule has 0 aliphatic rings. The Morgan fingerprint density at radius 2 is 2.00 bits per heavy atom. The van der Waals surface area contributed by atoms with Gasteiger partial charge in [-0.1, -0.05) is 18.2 Å². The molecule has 21 heavy (non-hydrogen) atoms. The smallest absolute Gasteiger partial charge is 0.128 e. The van der Waals surface area contributed by atoms with Crippen LogP contribution < -0.4 is 11.3 Å². The zero-order chi connectivity index (χ0) is 15.4. The fraction of sp³-hybridized carbons (Fsp3) is 0.250. The molecule has 0 saturated heterocycles. The molecule has 2 rings (SSSR count). The van der Waals surface area contributed by atoms with E-state index in [1.54, 1.807) is 17.8 Å². The van der Waals surface area contributed by atoms with Gasteiger partial charge in [-0.3, -0.25) is 11.3 Å². The highest BCUT2D eigenvalue weighted by atomic mass is 79.9. The number of nitrogens with one attached hydrogen (secondary N) is 1. The van der Waals surface area contributed by atoms with Crippen molar-refractivity contribution in [1.29, 1.82) is 0 Å². The quantitative estimate of drug-likeness (QED) is 0.463. The largest absolute Gasteiger partial charge is 0.271 e. The number of hydrazine groups is 1. The fourth-order valence-corrected chi connectivity index (χ4v) is 3.94. The fourth-order valence-electron chi connectivity index (χ4n) is 2.32. The average molecular weight is 369 g/mol. The lowest BCUT2D eigenvalue weighted by Gasteiger charge is -2.20. The van der Waals surface area contributed by atoms with Gasteiger partial charge >= 0.3 is 0 Å². The van der Waals surface area contributed by atoms with Gasteiger partial charge in [-0.2, -0.15) is 0 Å². The van der Waals surface area contributed by atoms with Crippen LogP contribution in [0.5, 0.6) is 0 Å². The predicted molar refractivity (Wildman–Crippen MR) is 90.8 cm³/mol. The lowest BCUT2D eigenvalue weighted by molar-refractivity contribution is 0.542. The molecule has 0 aliphatic carbocycles. The minimum atomic E-state index is -0.234. The topological polar surface area (TPSA) is 38.0 Å². The van der Waals surface area contributed by atoms with Crippen LogP contribution in [0.1, 0.15) is 22.7 Å². The van der Waals surface area contributed by atoms with Gasteiger partial charge in [-0.25, -0.2) is 4.39 Å². The summed E-state index contributed by atoms with van der Waals surface area (Å²) in [4.78, 5) is 1.11. The minimum Gasteiger partial charge on any atom is -0.271 e. The molecule has 0 fully saturated rings. The van der Waals surface area contributed by atoms with E-state index in [2.05, 4.69) is 21.4 Å². The second-order valence-electron chi connectivity index (χ2n) is 4.94. The molecule has 0 aliphatic heterocycles. The van der Waals surface area contributed by atoms with Crippen molar-refractivity contribution in [2.24, 2.45) is 5.84 Å². The average Bonchev–Trinajstić information content (AvgIpc) is 2.43. The van der Waals surface area contributed by atoms with Crippen LogP contribution in [-0.4, -0.2) is 5.75 Å². The molecule has 0 bridgehead atoms. The SMILES string of the molecule is Cc1cc(C)c(C(CSc2ccccc2Br)NN)c(F)c1. The molecule has 5 heteroatoms. The van der Waals surface area contributed by atoms with Gasteiger partial charge in [-0.05, 0) is 59.1 Å². The normalized spacial score (nSPS) is 12.4. The maximum atomic E-state index is 14.2. The molecule has 1 atom stereocenters. The molecule has 2 aromatic rings. The van der Waals surface area contributed by atoms with Crippen LogP contribution in [0.15, 0.2) is 45.8 Å². The third kappa shape index (κ3) is 4.07. The number of benzene rings is 2. The predicted octanol–water partition coefficient (Wildman–Crippen LogP) is 4.50. The lowest BCUT2D eigenvalue weighted by atomic mass is 10.00. The van der Waals surface area contributed by atoms with Crippen LogP contribution in [-0.2, 0) is 0 Å². The number of halogens is 2. The first kappa shape index (κ1) is 16.5. The summed E-state index contributed by atoms with van der Waals surface area (Å²) in [7, 11) is 0. The third-order valence-corrected chi connectivity index (χ3v) is 5.39. The van der Waals surface area contributed by atoms with Crippen molar-refractivity contribution < 1.29 is 4.39 Å². The zero-order valence-electron chi connectivity index (χ0n) is 12.0. The maximum Gasteiger partial charge on any atom is 0.128 e. The summed E-state index contributed by atoms with van der Waals surface area (Å²) >= 11 is 5.16. The van der Waals surface area contributed by atoms with Crippen LogP contribution in [0, 0.1) is 19.7 Å². The van der Waals surface area contributed by atoms with Gasteiger partial charge < -0.3 is 0 Å². The maximum absolute atomic E-state index is 14.2. The van der Waals surface area contributed by atoms with Crippen LogP contribution in [0.3, 0.4) is 0 Å². The molecule has 0 spiro atoms. The number of hydrogen-bond acceptors (Lipinski definition) is 3. The Kier molecular flexibility index (Phi) is 5.81. The Balaban J connectivity index is 2.20. The van der Waals surface area contributed by atoms with E-state index in [9.17, 15) is 4.39 Å². The molecule has 0 aromatic heterocycles. The van der Waals surface area contributed by atoms with Gasteiger partial charge in [0.05, 0.1) is 6.04 Å². The van der Waals surface area contributed by atoms with E-state index in [1.165, 1.54) is 0 Å². The van der Waals surface area contributed by atoms with E-state index < -0.39 is 0 Å². The van der Waals surface area contributed by atoms with E-state index >= 15 is 0 Å². The van der Waals surface area contributed by atoms with E-state index in [-0.39, 0.29) is 11.9 Å². The zero-order valence-corrected chi connectivity index (χ0v) is 14.4. The molecular weight excluding hydrogens is 351 g/mol. The van der Waals surface area contributed by atoms with Crippen molar-refractivity contribution in [3.8, 4) is 0 Å². The highest BCUT2D eigenvalue weighted by Crippen LogP contribution is 2.32. The van der Waals surface area contributed by atoms with Crippen molar-refractivity contribution in [3.63, 3.8) is 0 Å². The Labute approximate surface area is 137 Å². The number of hydrogen-bond donors (Lipinski definition) is 2. The van der Waals surface area contributed by atoms with Crippen LogP contribution in [0.2, 0.25) is 0 Å². The molecule has 0 amide bonds.